The van der Waals surface area contributed by atoms with Gasteiger partial charge in [0.05, 0.1) is 18.2 Å². The number of amides is 1. The van der Waals surface area contributed by atoms with Gasteiger partial charge < -0.3 is 20.4 Å². The van der Waals surface area contributed by atoms with Crippen LogP contribution in [0.15, 0.2) is 5.16 Å². The number of oxime groups is 1. The number of carbonyl (C=O) groups excluding carboxylic acids is 2. The molecule has 1 saturated carbocycles. The van der Waals surface area contributed by atoms with Crippen molar-refractivity contribution >= 4 is 24.1 Å². The monoisotopic (exact) mass is 328 g/mol. The molecule has 1 amide bonds. The molecule has 1 aliphatic carbocycles. The number of aliphatic carboxylic acids is 1. The van der Waals surface area contributed by atoms with Gasteiger partial charge in [-0.1, -0.05) is 0 Å². The van der Waals surface area contributed by atoms with Gasteiger partial charge in [-0.3, -0.25) is 14.4 Å². The molecule has 1 aliphatic rings. The lowest BCUT2D eigenvalue weighted by Gasteiger charge is -2.26. The van der Waals surface area contributed by atoms with E-state index in [1.54, 1.807) is 13.8 Å². The van der Waals surface area contributed by atoms with Crippen LogP contribution in [0, 0.1) is 17.8 Å². The molecule has 0 bridgehead atoms. The Labute approximate surface area is 134 Å². The molecule has 3 N–H and O–H groups in total. The number of nitrogens with zero attached hydrogens (tertiary/aromatic N) is 1. The van der Waals surface area contributed by atoms with Gasteiger partial charge in [-0.05, 0) is 45.4 Å². The minimum atomic E-state index is -1.29. The third-order valence-electron chi connectivity index (χ3n) is 3.86. The summed E-state index contributed by atoms with van der Waals surface area (Å²) in [5.74, 6) is -3.56. The minimum Gasteiger partial charge on any atom is -0.481 e. The topological polar surface area (TPSA) is 125 Å². The van der Waals surface area contributed by atoms with Crippen LogP contribution in [0.4, 0.5) is 0 Å². The molecular formula is C15H24N2O6. The smallest absolute Gasteiger partial charge is 0.324 e. The van der Waals surface area contributed by atoms with E-state index in [1.165, 1.54) is 0 Å². The highest BCUT2D eigenvalue weighted by Gasteiger charge is 2.30. The summed E-state index contributed by atoms with van der Waals surface area (Å²) < 4.78 is 4.95. The molecule has 8 nitrogen and oxygen atoms in total. The second-order valence-corrected chi connectivity index (χ2v) is 6.03. The van der Waals surface area contributed by atoms with Gasteiger partial charge >= 0.3 is 11.9 Å². The van der Waals surface area contributed by atoms with Crippen molar-refractivity contribution in [1.29, 1.82) is 0 Å². The van der Waals surface area contributed by atoms with E-state index in [0.717, 1.165) is 6.21 Å². The van der Waals surface area contributed by atoms with Crippen LogP contribution in [0.5, 0.6) is 0 Å². The fraction of sp³-hybridized carbons (Fsp3) is 0.733. The zero-order chi connectivity index (χ0) is 17.4. The summed E-state index contributed by atoms with van der Waals surface area (Å²) in [6.45, 7) is 3.67. The van der Waals surface area contributed by atoms with E-state index in [4.69, 9.17) is 15.1 Å². The summed E-state index contributed by atoms with van der Waals surface area (Å²) in [4.78, 5) is 34.8. The second kappa shape index (κ2) is 9.12. The van der Waals surface area contributed by atoms with Crippen LogP contribution in [-0.4, -0.2) is 47.0 Å². The molecule has 0 aromatic heterocycles. The maximum Gasteiger partial charge on any atom is 0.324 e. The Balaban J connectivity index is 2.47. The van der Waals surface area contributed by atoms with E-state index < -0.39 is 23.8 Å². The molecule has 8 heteroatoms. The molecule has 0 radical (unpaired) electrons. The first-order chi connectivity index (χ1) is 10.8. The molecule has 1 unspecified atom stereocenters. The first kappa shape index (κ1) is 18.9. The van der Waals surface area contributed by atoms with Gasteiger partial charge in [0.25, 0.3) is 0 Å². The van der Waals surface area contributed by atoms with Gasteiger partial charge in [0, 0.05) is 6.54 Å². The lowest BCUT2D eigenvalue weighted by Crippen LogP contribution is -2.40. The third-order valence-corrected chi connectivity index (χ3v) is 3.86. The number of hydrogen-bond acceptors (Lipinski definition) is 6. The van der Waals surface area contributed by atoms with Crippen molar-refractivity contribution in [1.82, 2.24) is 5.32 Å². The maximum absolute atomic E-state index is 12.1. The molecule has 0 aliphatic heterocycles. The normalized spacial score (nSPS) is 22.7. The fourth-order valence-electron chi connectivity index (χ4n) is 2.58. The van der Waals surface area contributed by atoms with Gasteiger partial charge in [0.15, 0.2) is 5.92 Å². The number of hydrogen-bond donors (Lipinski definition) is 3. The van der Waals surface area contributed by atoms with Crippen molar-refractivity contribution in [3.8, 4) is 0 Å². The molecular weight excluding hydrogens is 304 g/mol. The van der Waals surface area contributed by atoms with E-state index in [9.17, 15) is 14.4 Å². The second-order valence-electron chi connectivity index (χ2n) is 6.03. The van der Waals surface area contributed by atoms with E-state index >= 15 is 0 Å². The number of rotatable bonds is 7. The van der Waals surface area contributed by atoms with Crippen LogP contribution in [-0.2, 0) is 19.1 Å². The predicted octanol–water partition coefficient (Wildman–Crippen LogP) is 1.02. The number of carboxylic acids is 1. The molecule has 0 heterocycles. The number of carbonyl (C=O) groups is 3. The van der Waals surface area contributed by atoms with Crippen LogP contribution in [0.1, 0.15) is 39.5 Å². The van der Waals surface area contributed by atoms with E-state index in [0.29, 0.717) is 32.2 Å². The zero-order valence-electron chi connectivity index (χ0n) is 13.4. The first-order valence-corrected chi connectivity index (χ1v) is 7.73. The summed E-state index contributed by atoms with van der Waals surface area (Å²) in [6, 6.07) is 0. The van der Waals surface area contributed by atoms with Crippen molar-refractivity contribution in [2.24, 2.45) is 22.9 Å². The molecule has 0 aromatic rings. The highest BCUT2D eigenvalue weighted by molar-refractivity contribution is 6.10. The van der Waals surface area contributed by atoms with Crippen LogP contribution < -0.4 is 5.32 Å². The summed E-state index contributed by atoms with van der Waals surface area (Å²) in [5, 5.41) is 22.9. The summed E-state index contributed by atoms with van der Waals surface area (Å²) in [6.07, 6.45) is 3.07. The van der Waals surface area contributed by atoms with E-state index in [-0.39, 0.29) is 17.9 Å². The van der Waals surface area contributed by atoms with E-state index in [2.05, 4.69) is 10.5 Å². The maximum atomic E-state index is 12.1. The van der Waals surface area contributed by atoms with Crippen molar-refractivity contribution < 1.29 is 29.4 Å². The van der Waals surface area contributed by atoms with Gasteiger partial charge in [-0.2, -0.15) is 0 Å². The molecule has 1 fully saturated rings. The largest absolute Gasteiger partial charge is 0.481 e. The predicted molar refractivity (Wildman–Crippen MR) is 81.1 cm³/mol. The quantitative estimate of drug-likeness (QED) is 0.211. The SMILES string of the molecule is CC(C)OC(=O)C(/C=N/O)C(=O)NCC1CCC(C(=O)O)CC1. The van der Waals surface area contributed by atoms with Crippen molar-refractivity contribution in [2.45, 2.75) is 45.6 Å². The molecule has 130 valence electrons. The Morgan fingerprint density at radius 2 is 1.87 bits per heavy atom. The Bertz CT molecular complexity index is 455. The Morgan fingerprint density at radius 1 is 1.26 bits per heavy atom. The van der Waals surface area contributed by atoms with Crippen LogP contribution in [0.25, 0.3) is 0 Å². The van der Waals surface area contributed by atoms with Gasteiger partial charge in [0.2, 0.25) is 5.91 Å². The van der Waals surface area contributed by atoms with Crippen molar-refractivity contribution in [3.05, 3.63) is 0 Å². The van der Waals surface area contributed by atoms with Crippen LogP contribution in [0.3, 0.4) is 0 Å². The van der Waals surface area contributed by atoms with Gasteiger partial charge in [-0.25, -0.2) is 0 Å². The Morgan fingerprint density at radius 3 is 2.35 bits per heavy atom. The highest BCUT2D eigenvalue weighted by Crippen LogP contribution is 2.28. The molecule has 0 saturated heterocycles. The van der Waals surface area contributed by atoms with Crippen LogP contribution >= 0.6 is 0 Å². The van der Waals surface area contributed by atoms with Gasteiger partial charge in [0.1, 0.15) is 0 Å². The minimum absolute atomic E-state index is 0.183. The van der Waals surface area contributed by atoms with Gasteiger partial charge in [-0.15, -0.1) is 5.16 Å². The summed E-state index contributed by atoms with van der Waals surface area (Å²) >= 11 is 0. The third kappa shape index (κ3) is 6.25. The van der Waals surface area contributed by atoms with Crippen LogP contribution in [0.2, 0.25) is 0 Å². The van der Waals surface area contributed by atoms with E-state index in [1.807, 2.05) is 0 Å². The fourth-order valence-corrected chi connectivity index (χ4v) is 2.58. The van der Waals surface area contributed by atoms with Crippen molar-refractivity contribution in [3.63, 3.8) is 0 Å². The summed E-state index contributed by atoms with van der Waals surface area (Å²) in [5.41, 5.74) is 0. The lowest BCUT2D eigenvalue weighted by molar-refractivity contribution is -0.153. The number of nitrogens with one attached hydrogen (secondary N) is 1. The molecule has 0 aromatic carbocycles. The van der Waals surface area contributed by atoms with Crippen molar-refractivity contribution in [2.75, 3.05) is 6.54 Å². The molecule has 1 atom stereocenters. The number of esters is 1. The Kier molecular flexibility index (Phi) is 7.50. The number of ether oxygens (including phenoxy) is 1. The lowest BCUT2D eigenvalue weighted by atomic mass is 9.82. The molecule has 23 heavy (non-hydrogen) atoms. The average Bonchev–Trinajstić information content (AvgIpc) is 2.49. The number of carboxylic acid groups (broad SMARTS) is 1. The average molecular weight is 328 g/mol. The zero-order valence-corrected chi connectivity index (χ0v) is 13.4. The first-order valence-electron chi connectivity index (χ1n) is 7.73. The summed E-state index contributed by atoms with van der Waals surface area (Å²) in [7, 11) is 0. The molecule has 0 spiro atoms. The molecule has 1 rings (SSSR count). The Hall–Kier alpha value is -2.12. The standard InChI is InChI=1S/C15H24N2O6/c1-9(2)23-15(21)12(8-17-22)13(18)16-7-10-3-5-11(6-4-10)14(19)20/h8-12,22H,3-7H2,1-2H3,(H,16,18)(H,19,20)/b17-8+. The highest BCUT2D eigenvalue weighted by atomic mass is 16.5.